The number of aryl methyl sites for hydroxylation is 1. The van der Waals surface area contributed by atoms with Crippen LogP contribution in [0.3, 0.4) is 0 Å². The van der Waals surface area contributed by atoms with Crippen LogP contribution in [0.4, 0.5) is 5.69 Å². The van der Waals surface area contributed by atoms with Crippen LogP contribution in [-0.2, 0) is 11.3 Å². The minimum atomic E-state index is -0.00613. The third-order valence-electron chi connectivity index (χ3n) is 3.24. The molecule has 0 saturated heterocycles. The first kappa shape index (κ1) is 17.0. The van der Waals surface area contributed by atoms with Gasteiger partial charge in [-0.05, 0) is 42.3 Å². The first-order chi connectivity index (χ1) is 10.6. The zero-order valence-corrected chi connectivity index (χ0v) is 14.7. The van der Waals surface area contributed by atoms with E-state index in [0.29, 0.717) is 19.5 Å². The minimum Gasteiger partial charge on any atom is -0.326 e. The van der Waals surface area contributed by atoms with Crippen molar-refractivity contribution in [3.63, 3.8) is 0 Å². The molecule has 2 aromatic carbocycles. The van der Waals surface area contributed by atoms with Crippen molar-refractivity contribution < 1.29 is 4.79 Å². The number of halogens is 2. The Morgan fingerprint density at radius 3 is 2.73 bits per heavy atom. The van der Waals surface area contributed by atoms with Gasteiger partial charge in [0.05, 0.1) is 0 Å². The van der Waals surface area contributed by atoms with E-state index in [4.69, 9.17) is 11.6 Å². The molecule has 1 amide bonds. The zero-order chi connectivity index (χ0) is 15.9. The Balaban J connectivity index is 1.74. The third-order valence-corrected chi connectivity index (χ3v) is 4.50. The van der Waals surface area contributed by atoms with Gasteiger partial charge in [0.1, 0.15) is 0 Å². The highest BCUT2D eigenvalue weighted by Gasteiger charge is 2.04. The lowest BCUT2D eigenvalue weighted by atomic mass is 10.2. The summed E-state index contributed by atoms with van der Waals surface area (Å²) in [6.45, 7) is 3.25. The molecule has 0 heterocycles. The van der Waals surface area contributed by atoms with Crippen molar-refractivity contribution in [3.05, 3.63) is 63.1 Å². The van der Waals surface area contributed by atoms with Gasteiger partial charge in [-0.1, -0.05) is 45.7 Å². The molecule has 2 N–H and O–H groups in total. The molecule has 0 atom stereocenters. The largest absolute Gasteiger partial charge is 0.326 e. The highest BCUT2D eigenvalue weighted by Crippen LogP contribution is 2.20. The van der Waals surface area contributed by atoms with E-state index in [0.717, 1.165) is 26.3 Å². The molecule has 22 heavy (non-hydrogen) atoms. The third kappa shape index (κ3) is 5.13. The fourth-order valence-corrected chi connectivity index (χ4v) is 2.46. The quantitative estimate of drug-likeness (QED) is 0.722. The van der Waals surface area contributed by atoms with Crippen LogP contribution in [-0.4, -0.2) is 12.5 Å². The van der Waals surface area contributed by atoms with E-state index in [-0.39, 0.29) is 5.91 Å². The van der Waals surface area contributed by atoms with E-state index in [2.05, 4.69) is 26.6 Å². The summed E-state index contributed by atoms with van der Waals surface area (Å²) in [7, 11) is 0. The van der Waals surface area contributed by atoms with E-state index in [1.54, 1.807) is 0 Å². The highest BCUT2D eigenvalue weighted by molar-refractivity contribution is 9.10. The van der Waals surface area contributed by atoms with Gasteiger partial charge in [0, 0.05) is 34.7 Å². The van der Waals surface area contributed by atoms with Crippen LogP contribution in [0.25, 0.3) is 0 Å². The maximum Gasteiger partial charge on any atom is 0.225 e. The number of nitrogens with one attached hydrogen (secondary N) is 2. The topological polar surface area (TPSA) is 41.1 Å². The summed E-state index contributed by atoms with van der Waals surface area (Å²) in [6.07, 6.45) is 0.416. The molecule has 0 aliphatic carbocycles. The van der Waals surface area contributed by atoms with Crippen LogP contribution in [0.5, 0.6) is 0 Å². The molecule has 0 radical (unpaired) electrons. The number of hydrogen-bond donors (Lipinski definition) is 2. The number of hydrogen-bond acceptors (Lipinski definition) is 2. The number of carbonyl (C=O) groups excluding carboxylic acids is 1. The van der Waals surface area contributed by atoms with Crippen molar-refractivity contribution in [2.24, 2.45) is 0 Å². The first-order valence-corrected chi connectivity index (χ1v) is 8.23. The van der Waals surface area contributed by atoms with Crippen molar-refractivity contribution in [3.8, 4) is 0 Å². The zero-order valence-electron chi connectivity index (χ0n) is 12.3. The molecule has 3 nitrogen and oxygen atoms in total. The molecule has 0 aromatic heterocycles. The smallest absolute Gasteiger partial charge is 0.225 e. The molecule has 0 aliphatic rings. The van der Waals surface area contributed by atoms with Gasteiger partial charge in [-0.3, -0.25) is 4.79 Å². The SMILES string of the molecule is Cc1cc(NC(=O)CCNCc2ccccc2Cl)ccc1Br. The monoisotopic (exact) mass is 380 g/mol. The highest BCUT2D eigenvalue weighted by atomic mass is 79.9. The van der Waals surface area contributed by atoms with Gasteiger partial charge >= 0.3 is 0 Å². The van der Waals surface area contributed by atoms with Gasteiger partial charge in [0.2, 0.25) is 5.91 Å². The fraction of sp³-hybridized carbons (Fsp3) is 0.235. The van der Waals surface area contributed by atoms with Crippen molar-refractivity contribution in [2.75, 3.05) is 11.9 Å². The Hall–Kier alpha value is -1.36. The molecule has 0 unspecified atom stereocenters. The summed E-state index contributed by atoms with van der Waals surface area (Å²) >= 11 is 9.52. The molecule has 0 bridgehead atoms. The number of carbonyl (C=O) groups is 1. The number of anilines is 1. The number of rotatable bonds is 6. The van der Waals surface area contributed by atoms with Gasteiger partial charge in [-0.25, -0.2) is 0 Å². The Bertz CT molecular complexity index is 661. The van der Waals surface area contributed by atoms with Crippen molar-refractivity contribution in [2.45, 2.75) is 19.9 Å². The van der Waals surface area contributed by atoms with Crippen LogP contribution >= 0.6 is 27.5 Å². The molecule has 0 aliphatic heterocycles. The van der Waals surface area contributed by atoms with E-state index in [9.17, 15) is 4.79 Å². The second-order valence-electron chi connectivity index (χ2n) is 5.03. The second-order valence-corrected chi connectivity index (χ2v) is 6.29. The standard InChI is InChI=1S/C17H18BrClN2O/c1-12-10-14(6-7-15(12)18)21-17(22)8-9-20-11-13-4-2-3-5-16(13)19/h2-7,10,20H,8-9,11H2,1H3,(H,21,22). The molecule has 2 aromatic rings. The van der Waals surface area contributed by atoms with Gasteiger partial charge in [0.15, 0.2) is 0 Å². The summed E-state index contributed by atoms with van der Waals surface area (Å²) in [5.41, 5.74) is 2.94. The number of amides is 1. The lowest BCUT2D eigenvalue weighted by Gasteiger charge is -2.08. The molecular formula is C17H18BrClN2O. The van der Waals surface area contributed by atoms with Crippen LogP contribution in [0.15, 0.2) is 46.9 Å². The lowest BCUT2D eigenvalue weighted by molar-refractivity contribution is -0.116. The lowest BCUT2D eigenvalue weighted by Crippen LogP contribution is -2.21. The molecule has 0 fully saturated rings. The maximum atomic E-state index is 11.9. The summed E-state index contributed by atoms with van der Waals surface area (Å²) in [5.74, 6) is -0.00613. The van der Waals surface area contributed by atoms with Gasteiger partial charge in [-0.2, -0.15) is 0 Å². The molecule has 2 rings (SSSR count). The normalized spacial score (nSPS) is 10.5. The molecule has 0 saturated carbocycles. The molecule has 5 heteroatoms. The Morgan fingerprint density at radius 2 is 2.00 bits per heavy atom. The average Bonchev–Trinajstić information content (AvgIpc) is 2.49. The molecule has 0 spiro atoms. The van der Waals surface area contributed by atoms with Crippen LogP contribution < -0.4 is 10.6 Å². The maximum absolute atomic E-state index is 11.9. The fourth-order valence-electron chi connectivity index (χ4n) is 2.01. The number of benzene rings is 2. The van der Waals surface area contributed by atoms with Gasteiger partial charge < -0.3 is 10.6 Å². The van der Waals surface area contributed by atoms with E-state index >= 15 is 0 Å². The molecule has 116 valence electrons. The van der Waals surface area contributed by atoms with Crippen molar-refractivity contribution >= 4 is 39.1 Å². The summed E-state index contributed by atoms with van der Waals surface area (Å²) in [6, 6.07) is 13.4. The Labute approximate surface area is 144 Å². The molecular weight excluding hydrogens is 364 g/mol. The van der Waals surface area contributed by atoms with Crippen molar-refractivity contribution in [1.82, 2.24) is 5.32 Å². The van der Waals surface area contributed by atoms with Gasteiger partial charge in [-0.15, -0.1) is 0 Å². The van der Waals surface area contributed by atoms with E-state index in [1.165, 1.54) is 0 Å². The summed E-state index contributed by atoms with van der Waals surface area (Å²) < 4.78 is 1.03. The van der Waals surface area contributed by atoms with Crippen LogP contribution in [0.2, 0.25) is 5.02 Å². The predicted octanol–water partition coefficient (Wildman–Crippen LogP) is 4.53. The first-order valence-electron chi connectivity index (χ1n) is 7.06. The minimum absolute atomic E-state index is 0.00613. The Morgan fingerprint density at radius 1 is 1.23 bits per heavy atom. The predicted molar refractivity (Wildman–Crippen MR) is 95.3 cm³/mol. The van der Waals surface area contributed by atoms with E-state index < -0.39 is 0 Å². The second kappa shape index (κ2) is 8.32. The van der Waals surface area contributed by atoms with Gasteiger partial charge in [0.25, 0.3) is 0 Å². The van der Waals surface area contributed by atoms with Crippen LogP contribution in [0, 0.1) is 6.92 Å². The Kier molecular flexibility index (Phi) is 6.43. The average molecular weight is 382 g/mol. The summed E-state index contributed by atoms with van der Waals surface area (Å²) in [5, 5.41) is 6.86. The van der Waals surface area contributed by atoms with Crippen molar-refractivity contribution in [1.29, 1.82) is 0 Å². The van der Waals surface area contributed by atoms with Crippen LogP contribution in [0.1, 0.15) is 17.5 Å². The summed E-state index contributed by atoms with van der Waals surface area (Å²) in [4.78, 5) is 11.9. The van der Waals surface area contributed by atoms with E-state index in [1.807, 2.05) is 49.4 Å².